The first kappa shape index (κ1) is 19.3. The molecule has 0 bridgehead atoms. The van der Waals surface area contributed by atoms with Crippen molar-refractivity contribution in [3.63, 3.8) is 0 Å². The molecule has 3 atom stereocenters. The van der Waals surface area contributed by atoms with E-state index in [9.17, 15) is 0 Å². The van der Waals surface area contributed by atoms with E-state index in [0.717, 1.165) is 36.2 Å². The van der Waals surface area contributed by atoms with Crippen LogP contribution in [0.4, 0.5) is 0 Å². The number of halogens is 1. The highest BCUT2D eigenvalue weighted by atomic mass is 35.5. The van der Waals surface area contributed by atoms with Crippen LogP contribution in [-0.2, 0) is 6.54 Å². The Bertz CT molecular complexity index is 685. The molecule has 2 aromatic rings. The Morgan fingerprint density at radius 2 is 1.96 bits per heavy atom. The van der Waals surface area contributed by atoms with E-state index >= 15 is 0 Å². The molecule has 3 heteroatoms. The van der Waals surface area contributed by atoms with Gasteiger partial charge in [0.15, 0.2) is 0 Å². The van der Waals surface area contributed by atoms with Crippen molar-refractivity contribution in [1.82, 2.24) is 5.32 Å². The van der Waals surface area contributed by atoms with E-state index in [-0.39, 0.29) is 0 Å². The summed E-state index contributed by atoms with van der Waals surface area (Å²) >= 11 is 5.95. The summed E-state index contributed by atoms with van der Waals surface area (Å²) in [4.78, 5) is 0. The van der Waals surface area contributed by atoms with Gasteiger partial charge in [0.1, 0.15) is 5.75 Å². The van der Waals surface area contributed by atoms with Crippen molar-refractivity contribution in [2.24, 2.45) is 11.8 Å². The third kappa shape index (κ3) is 5.75. The molecule has 1 aliphatic carbocycles. The van der Waals surface area contributed by atoms with Crippen molar-refractivity contribution in [1.29, 1.82) is 0 Å². The van der Waals surface area contributed by atoms with E-state index in [2.05, 4.69) is 55.6 Å². The second-order valence-electron chi connectivity index (χ2n) is 7.72. The summed E-state index contributed by atoms with van der Waals surface area (Å²) in [6.45, 7) is 6.43. The van der Waals surface area contributed by atoms with E-state index in [4.69, 9.17) is 16.3 Å². The molecule has 140 valence electrons. The molecular weight excluding hydrogens is 342 g/mol. The third-order valence-corrected chi connectivity index (χ3v) is 5.72. The molecular formula is C23H30ClNO. The second kappa shape index (κ2) is 9.43. The van der Waals surface area contributed by atoms with Crippen LogP contribution >= 0.6 is 11.6 Å². The standard InChI is InChI=1S/C23H30ClNO/c1-17-5-3-7-22(13-17)26-23-8-4-6-20(14-23)18(2)15-25-16-19-9-11-21(24)12-10-19/h3,5,7,9-13,18,20,23,25H,4,6,8,14-16H2,1-2H3/t18?,20-,23+/m0/s1. The Hall–Kier alpha value is -1.51. The predicted octanol–water partition coefficient (Wildman–Crippen LogP) is 6.01. The smallest absolute Gasteiger partial charge is 0.119 e. The quantitative estimate of drug-likeness (QED) is 0.643. The Balaban J connectivity index is 1.45. The van der Waals surface area contributed by atoms with E-state index in [1.54, 1.807) is 0 Å². The van der Waals surface area contributed by atoms with E-state index < -0.39 is 0 Å². The maximum atomic E-state index is 6.27. The van der Waals surface area contributed by atoms with Gasteiger partial charge in [0.05, 0.1) is 6.10 Å². The van der Waals surface area contributed by atoms with Crippen LogP contribution in [0.3, 0.4) is 0 Å². The fourth-order valence-corrected chi connectivity index (χ4v) is 4.03. The van der Waals surface area contributed by atoms with Crippen LogP contribution in [0.5, 0.6) is 5.75 Å². The van der Waals surface area contributed by atoms with Gasteiger partial charge in [-0.3, -0.25) is 0 Å². The highest BCUT2D eigenvalue weighted by Gasteiger charge is 2.27. The molecule has 26 heavy (non-hydrogen) atoms. The zero-order valence-electron chi connectivity index (χ0n) is 15.9. The van der Waals surface area contributed by atoms with Crippen LogP contribution in [0.2, 0.25) is 5.02 Å². The number of hydrogen-bond donors (Lipinski definition) is 1. The topological polar surface area (TPSA) is 21.3 Å². The molecule has 0 heterocycles. The van der Waals surface area contributed by atoms with Crippen LogP contribution in [0.1, 0.15) is 43.7 Å². The van der Waals surface area contributed by atoms with Crippen molar-refractivity contribution < 1.29 is 4.74 Å². The summed E-state index contributed by atoms with van der Waals surface area (Å²) in [6, 6.07) is 16.5. The average Bonchev–Trinajstić information content (AvgIpc) is 2.63. The predicted molar refractivity (Wildman–Crippen MR) is 110 cm³/mol. The van der Waals surface area contributed by atoms with Gasteiger partial charge < -0.3 is 10.1 Å². The molecule has 1 saturated carbocycles. The summed E-state index contributed by atoms with van der Waals surface area (Å²) in [5, 5.41) is 4.40. The molecule has 1 fully saturated rings. The van der Waals surface area contributed by atoms with E-state index in [1.165, 1.54) is 30.4 Å². The summed E-state index contributed by atoms with van der Waals surface area (Å²) in [5.41, 5.74) is 2.54. The van der Waals surface area contributed by atoms with Crippen molar-refractivity contribution in [3.8, 4) is 5.75 Å². The first-order chi connectivity index (χ1) is 12.6. The number of hydrogen-bond acceptors (Lipinski definition) is 2. The van der Waals surface area contributed by atoms with Gasteiger partial charge >= 0.3 is 0 Å². The third-order valence-electron chi connectivity index (χ3n) is 5.47. The molecule has 2 aromatic carbocycles. The van der Waals surface area contributed by atoms with E-state index in [1.807, 2.05) is 12.1 Å². The maximum absolute atomic E-state index is 6.27. The molecule has 1 unspecified atom stereocenters. The van der Waals surface area contributed by atoms with Gasteiger partial charge in [0, 0.05) is 11.6 Å². The molecule has 1 aliphatic rings. The first-order valence-electron chi connectivity index (χ1n) is 9.78. The fraction of sp³-hybridized carbons (Fsp3) is 0.478. The molecule has 2 nitrogen and oxygen atoms in total. The summed E-state index contributed by atoms with van der Waals surface area (Å²) in [7, 11) is 0. The van der Waals surface area contributed by atoms with E-state index in [0.29, 0.717) is 12.0 Å². The first-order valence-corrected chi connectivity index (χ1v) is 10.2. The minimum Gasteiger partial charge on any atom is -0.490 e. The van der Waals surface area contributed by atoms with Crippen LogP contribution in [0.25, 0.3) is 0 Å². The van der Waals surface area contributed by atoms with Crippen molar-refractivity contribution in [2.75, 3.05) is 6.54 Å². The molecule has 1 N–H and O–H groups in total. The number of ether oxygens (including phenoxy) is 1. The zero-order chi connectivity index (χ0) is 18.4. The Morgan fingerprint density at radius 3 is 2.73 bits per heavy atom. The van der Waals surface area contributed by atoms with Crippen LogP contribution in [0.15, 0.2) is 48.5 Å². The normalized spacial score (nSPS) is 21.3. The highest BCUT2D eigenvalue weighted by molar-refractivity contribution is 6.30. The molecule has 0 aliphatic heterocycles. The fourth-order valence-electron chi connectivity index (χ4n) is 3.90. The zero-order valence-corrected chi connectivity index (χ0v) is 16.6. The Morgan fingerprint density at radius 1 is 1.15 bits per heavy atom. The SMILES string of the molecule is Cc1cccc(O[C@@H]2CCC[C@H](C(C)CNCc3ccc(Cl)cc3)C2)c1. The molecule has 3 rings (SSSR count). The van der Waals surface area contributed by atoms with Gasteiger partial charge in [-0.2, -0.15) is 0 Å². The minimum atomic E-state index is 0.356. The monoisotopic (exact) mass is 371 g/mol. The lowest BCUT2D eigenvalue weighted by atomic mass is 9.79. The number of aryl methyl sites for hydroxylation is 1. The lowest BCUT2D eigenvalue weighted by molar-refractivity contribution is 0.102. The molecule has 0 saturated heterocycles. The summed E-state index contributed by atoms with van der Waals surface area (Å²) in [6.07, 6.45) is 5.28. The van der Waals surface area contributed by atoms with Crippen LogP contribution in [-0.4, -0.2) is 12.6 Å². The number of rotatable bonds is 7. The lowest BCUT2D eigenvalue weighted by Crippen LogP contribution is -2.33. The van der Waals surface area contributed by atoms with Gasteiger partial charge in [0.2, 0.25) is 0 Å². The molecule has 0 spiro atoms. The lowest BCUT2D eigenvalue weighted by Gasteiger charge is -2.33. The highest BCUT2D eigenvalue weighted by Crippen LogP contribution is 2.32. The molecule has 0 radical (unpaired) electrons. The second-order valence-corrected chi connectivity index (χ2v) is 8.15. The Kier molecular flexibility index (Phi) is 6.99. The van der Waals surface area contributed by atoms with Gasteiger partial charge in [-0.1, -0.05) is 42.8 Å². The minimum absolute atomic E-state index is 0.356. The van der Waals surface area contributed by atoms with Crippen molar-refractivity contribution >= 4 is 11.6 Å². The van der Waals surface area contributed by atoms with Crippen molar-refractivity contribution in [3.05, 3.63) is 64.7 Å². The van der Waals surface area contributed by atoms with Crippen molar-refractivity contribution in [2.45, 2.75) is 52.2 Å². The Labute approximate surface area is 162 Å². The van der Waals surface area contributed by atoms with Crippen LogP contribution in [0, 0.1) is 18.8 Å². The van der Waals surface area contributed by atoms with Gasteiger partial charge in [-0.05, 0) is 86.4 Å². The molecule has 0 aromatic heterocycles. The maximum Gasteiger partial charge on any atom is 0.119 e. The van der Waals surface area contributed by atoms with Gasteiger partial charge in [-0.15, -0.1) is 0 Å². The number of benzene rings is 2. The van der Waals surface area contributed by atoms with Gasteiger partial charge in [0.25, 0.3) is 0 Å². The summed E-state index contributed by atoms with van der Waals surface area (Å²) in [5.74, 6) is 2.41. The number of nitrogens with one attached hydrogen (secondary N) is 1. The largest absolute Gasteiger partial charge is 0.490 e. The average molecular weight is 372 g/mol. The van der Waals surface area contributed by atoms with Gasteiger partial charge in [-0.25, -0.2) is 0 Å². The summed E-state index contributed by atoms with van der Waals surface area (Å²) < 4.78 is 6.27. The molecule has 0 amide bonds. The van der Waals surface area contributed by atoms with Crippen LogP contribution < -0.4 is 10.1 Å².